The normalized spacial score (nSPS) is 16.2. The van der Waals surface area contributed by atoms with Crippen LogP contribution in [0.15, 0.2) is 12.3 Å². The molecule has 1 aromatic heterocycles. The first-order valence-corrected chi connectivity index (χ1v) is 5.21. The van der Waals surface area contributed by atoms with Crippen LogP contribution in [0, 0.1) is 5.82 Å². The number of pyridine rings is 1. The molecule has 0 radical (unpaired) electrons. The Bertz CT molecular complexity index is 352. The molecule has 0 saturated heterocycles. The van der Waals surface area contributed by atoms with E-state index in [1.54, 1.807) is 6.20 Å². The molecule has 15 heavy (non-hydrogen) atoms. The summed E-state index contributed by atoms with van der Waals surface area (Å²) in [5.74, 6) is -0.0411. The molecule has 0 aromatic carbocycles. The molecule has 82 valence electrons. The van der Waals surface area contributed by atoms with Gasteiger partial charge in [-0.3, -0.25) is 0 Å². The standard InChI is InChI=1S/C11H15FN2O/c1-14(9-3-2-4-9)11-10(12)8(7-15)5-6-13-11/h5-6,9,15H,2-4,7H2,1H3. The molecule has 0 aliphatic heterocycles. The summed E-state index contributed by atoms with van der Waals surface area (Å²) in [7, 11) is 1.86. The molecule has 1 aromatic rings. The first-order valence-electron chi connectivity index (χ1n) is 5.21. The summed E-state index contributed by atoms with van der Waals surface area (Å²) in [6, 6.07) is 1.91. The fraction of sp³-hybridized carbons (Fsp3) is 0.545. The van der Waals surface area contributed by atoms with Gasteiger partial charge in [0.25, 0.3) is 0 Å². The molecule has 1 fully saturated rings. The predicted octanol–water partition coefficient (Wildman–Crippen LogP) is 1.70. The Balaban J connectivity index is 2.26. The molecule has 1 N–H and O–H groups in total. The van der Waals surface area contributed by atoms with Gasteiger partial charge in [0.1, 0.15) is 0 Å². The van der Waals surface area contributed by atoms with Crippen molar-refractivity contribution in [3.05, 3.63) is 23.6 Å². The maximum absolute atomic E-state index is 13.8. The van der Waals surface area contributed by atoms with Crippen molar-refractivity contribution in [3.8, 4) is 0 Å². The second kappa shape index (κ2) is 4.14. The molecule has 1 aliphatic rings. The monoisotopic (exact) mass is 210 g/mol. The number of rotatable bonds is 3. The molecule has 1 aliphatic carbocycles. The topological polar surface area (TPSA) is 36.4 Å². The van der Waals surface area contributed by atoms with Crippen LogP contribution in [-0.4, -0.2) is 23.2 Å². The van der Waals surface area contributed by atoms with E-state index < -0.39 is 5.82 Å². The average molecular weight is 210 g/mol. The molecule has 1 heterocycles. The van der Waals surface area contributed by atoms with Crippen molar-refractivity contribution in [2.45, 2.75) is 31.9 Å². The van der Waals surface area contributed by atoms with Gasteiger partial charge in [0.05, 0.1) is 6.61 Å². The lowest BCUT2D eigenvalue weighted by Crippen LogP contribution is -2.38. The Labute approximate surface area is 88.6 Å². The Hall–Kier alpha value is -1.16. The molecule has 3 nitrogen and oxygen atoms in total. The van der Waals surface area contributed by atoms with Crippen LogP contribution in [0.1, 0.15) is 24.8 Å². The lowest BCUT2D eigenvalue weighted by Gasteiger charge is -2.35. The van der Waals surface area contributed by atoms with Crippen LogP contribution in [0.25, 0.3) is 0 Å². The zero-order valence-electron chi connectivity index (χ0n) is 8.78. The van der Waals surface area contributed by atoms with Gasteiger partial charge in [-0.15, -0.1) is 0 Å². The fourth-order valence-electron chi connectivity index (χ4n) is 1.79. The van der Waals surface area contributed by atoms with Gasteiger partial charge in [0, 0.05) is 24.8 Å². The maximum atomic E-state index is 13.8. The smallest absolute Gasteiger partial charge is 0.171 e. The predicted molar refractivity (Wildman–Crippen MR) is 56.2 cm³/mol. The first kappa shape index (κ1) is 10.4. The van der Waals surface area contributed by atoms with Crippen molar-refractivity contribution < 1.29 is 9.50 Å². The van der Waals surface area contributed by atoms with E-state index >= 15 is 0 Å². The third-order valence-corrected chi connectivity index (χ3v) is 3.08. The molecular formula is C11H15FN2O. The molecule has 0 unspecified atom stereocenters. The molecule has 0 bridgehead atoms. The molecular weight excluding hydrogens is 195 g/mol. The summed E-state index contributed by atoms with van der Waals surface area (Å²) >= 11 is 0. The third-order valence-electron chi connectivity index (χ3n) is 3.08. The summed E-state index contributed by atoms with van der Waals surface area (Å²) in [5.41, 5.74) is 0.311. The number of anilines is 1. The number of nitrogens with zero attached hydrogens (tertiary/aromatic N) is 2. The number of halogens is 1. The highest BCUT2D eigenvalue weighted by Crippen LogP contribution is 2.29. The SMILES string of the molecule is CN(c1nccc(CO)c1F)C1CCC1. The van der Waals surface area contributed by atoms with E-state index in [2.05, 4.69) is 4.98 Å². The van der Waals surface area contributed by atoms with E-state index in [0.717, 1.165) is 12.8 Å². The Morgan fingerprint density at radius 1 is 1.60 bits per heavy atom. The second-order valence-corrected chi connectivity index (χ2v) is 3.96. The number of aromatic nitrogens is 1. The van der Waals surface area contributed by atoms with Gasteiger partial charge in [-0.2, -0.15) is 0 Å². The minimum absolute atomic E-state index is 0.278. The number of hydrogen-bond donors (Lipinski definition) is 1. The number of aliphatic hydroxyl groups excluding tert-OH is 1. The van der Waals surface area contributed by atoms with E-state index in [4.69, 9.17) is 5.11 Å². The largest absolute Gasteiger partial charge is 0.392 e. The lowest BCUT2D eigenvalue weighted by atomic mass is 9.92. The van der Waals surface area contributed by atoms with Crippen LogP contribution in [0.5, 0.6) is 0 Å². The molecule has 0 spiro atoms. The Kier molecular flexibility index (Phi) is 2.86. The van der Waals surface area contributed by atoms with Gasteiger partial charge in [-0.1, -0.05) is 0 Å². The number of hydrogen-bond acceptors (Lipinski definition) is 3. The highest BCUT2D eigenvalue weighted by molar-refractivity contribution is 5.43. The molecule has 4 heteroatoms. The second-order valence-electron chi connectivity index (χ2n) is 3.96. The highest BCUT2D eigenvalue weighted by Gasteiger charge is 2.25. The highest BCUT2D eigenvalue weighted by atomic mass is 19.1. The zero-order chi connectivity index (χ0) is 10.8. The molecule has 0 amide bonds. The summed E-state index contributed by atoms with van der Waals surface area (Å²) in [4.78, 5) is 5.90. The van der Waals surface area contributed by atoms with Crippen LogP contribution in [-0.2, 0) is 6.61 Å². The van der Waals surface area contributed by atoms with Gasteiger partial charge in [-0.25, -0.2) is 9.37 Å². The minimum atomic E-state index is -0.394. The van der Waals surface area contributed by atoms with Gasteiger partial charge in [0.2, 0.25) is 0 Å². The van der Waals surface area contributed by atoms with E-state index in [-0.39, 0.29) is 6.61 Å². The van der Waals surface area contributed by atoms with Gasteiger partial charge >= 0.3 is 0 Å². The Morgan fingerprint density at radius 3 is 2.87 bits per heavy atom. The van der Waals surface area contributed by atoms with Crippen molar-refractivity contribution in [2.75, 3.05) is 11.9 Å². The van der Waals surface area contributed by atoms with Crippen LogP contribution >= 0.6 is 0 Å². The molecule has 0 atom stereocenters. The summed E-state index contributed by atoms with van der Waals surface area (Å²) < 4.78 is 13.8. The van der Waals surface area contributed by atoms with Crippen LogP contribution in [0.3, 0.4) is 0 Å². The van der Waals surface area contributed by atoms with Crippen LogP contribution in [0.4, 0.5) is 10.2 Å². The minimum Gasteiger partial charge on any atom is -0.392 e. The van der Waals surface area contributed by atoms with Crippen molar-refractivity contribution >= 4 is 5.82 Å². The first-order chi connectivity index (χ1) is 7.24. The average Bonchev–Trinajstić information content (AvgIpc) is 2.15. The van der Waals surface area contributed by atoms with Gasteiger partial charge in [-0.05, 0) is 25.3 Å². The Morgan fingerprint density at radius 2 is 2.33 bits per heavy atom. The fourth-order valence-corrected chi connectivity index (χ4v) is 1.79. The van der Waals surface area contributed by atoms with E-state index in [1.807, 2.05) is 11.9 Å². The summed E-state index contributed by atoms with van der Waals surface area (Å²) in [6.07, 6.45) is 4.94. The third kappa shape index (κ3) is 1.81. The quantitative estimate of drug-likeness (QED) is 0.825. The van der Waals surface area contributed by atoms with Crippen molar-refractivity contribution in [1.82, 2.24) is 4.98 Å². The van der Waals surface area contributed by atoms with Gasteiger partial charge in [0.15, 0.2) is 11.6 Å². The van der Waals surface area contributed by atoms with E-state index in [1.165, 1.54) is 12.5 Å². The van der Waals surface area contributed by atoms with Crippen LogP contribution < -0.4 is 4.90 Å². The number of aliphatic hydroxyl groups is 1. The summed E-state index contributed by atoms with van der Waals surface area (Å²) in [5, 5.41) is 8.95. The molecule has 2 rings (SSSR count). The zero-order valence-corrected chi connectivity index (χ0v) is 8.78. The van der Waals surface area contributed by atoms with Crippen LogP contribution in [0.2, 0.25) is 0 Å². The maximum Gasteiger partial charge on any atom is 0.171 e. The molecule has 1 saturated carbocycles. The van der Waals surface area contributed by atoms with Crippen molar-refractivity contribution in [1.29, 1.82) is 0 Å². The van der Waals surface area contributed by atoms with Crippen molar-refractivity contribution in [2.24, 2.45) is 0 Å². The van der Waals surface area contributed by atoms with E-state index in [9.17, 15) is 4.39 Å². The lowest BCUT2D eigenvalue weighted by molar-refractivity contribution is 0.275. The summed E-state index contributed by atoms with van der Waals surface area (Å²) in [6.45, 7) is -0.278. The van der Waals surface area contributed by atoms with Gasteiger partial charge < -0.3 is 10.0 Å². The van der Waals surface area contributed by atoms with E-state index in [0.29, 0.717) is 17.4 Å². The van der Waals surface area contributed by atoms with Crippen molar-refractivity contribution in [3.63, 3.8) is 0 Å².